The van der Waals surface area contributed by atoms with Crippen molar-refractivity contribution in [2.75, 3.05) is 11.5 Å². The fraction of sp³-hybridized carbons (Fsp3) is 0.882. The summed E-state index contributed by atoms with van der Waals surface area (Å²) in [5, 5.41) is 0. The highest BCUT2D eigenvalue weighted by Gasteiger charge is 2.24. The van der Waals surface area contributed by atoms with Gasteiger partial charge in [-0.3, -0.25) is 9.59 Å². The second kappa shape index (κ2) is 11.2. The molecule has 0 saturated carbocycles. The molecule has 0 amide bonds. The van der Waals surface area contributed by atoms with Crippen molar-refractivity contribution in [2.24, 2.45) is 0 Å². The van der Waals surface area contributed by atoms with Crippen LogP contribution in [0.3, 0.4) is 0 Å². The Morgan fingerprint density at radius 3 is 1.61 bits per heavy atom. The lowest BCUT2D eigenvalue weighted by atomic mass is 10.0. The van der Waals surface area contributed by atoms with Crippen molar-refractivity contribution in [3.63, 3.8) is 0 Å². The van der Waals surface area contributed by atoms with Crippen LogP contribution in [-0.4, -0.2) is 34.6 Å². The molecule has 0 atom stereocenters. The molecule has 0 aromatic heterocycles. The van der Waals surface area contributed by atoms with E-state index in [1.807, 2.05) is 41.5 Å². The minimum atomic E-state index is -0.385. The van der Waals surface area contributed by atoms with E-state index in [4.69, 9.17) is 9.47 Å². The highest BCUT2D eigenvalue weighted by molar-refractivity contribution is 8.76. The standard InChI is InChI=1S/C17H32O4S2/c1-7-16(4,5)20-14(18)10-12-22-23-13-11-15(19)21-17(6,8-2)9-3/h7-13H2,1-6H3. The molecule has 23 heavy (non-hydrogen) atoms. The summed E-state index contributed by atoms with van der Waals surface area (Å²) in [6, 6.07) is 0. The van der Waals surface area contributed by atoms with Crippen molar-refractivity contribution in [2.45, 2.75) is 84.8 Å². The molecule has 0 spiro atoms. The highest BCUT2D eigenvalue weighted by Crippen LogP contribution is 2.25. The summed E-state index contributed by atoms with van der Waals surface area (Å²) >= 11 is 0. The van der Waals surface area contributed by atoms with E-state index in [2.05, 4.69) is 0 Å². The van der Waals surface area contributed by atoms with Crippen molar-refractivity contribution >= 4 is 33.5 Å². The quantitative estimate of drug-likeness (QED) is 0.276. The Kier molecular flexibility index (Phi) is 11.1. The van der Waals surface area contributed by atoms with Gasteiger partial charge in [0.05, 0.1) is 12.8 Å². The zero-order valence-corrected chi connectivity index (χ0v) is 17.0. The Hall–Kier alpha value is -0.360. The van der Waals surface area contributed by atoms with Crippen molar-refractivity contribution in [1.82, 2.24) is 0 Å². The predicted octanol–water partition coefficient (Wildman–Crippen LogP) is 5.00. The maximum absolute atomic E-state index is 11.8. The Balaban J connectivity index is 3.74. The van der Waals surface area contributed by atoms with E-state index >= 15 is 0 Å². The molecule has 0 bridgehead atoms. The fourth-order valence-corrected chi connectivity index (χ4v) is 3.46. The van der Waals surface area contributed by atoms with Crippen LogP contribution >= 0.6 is 21.6 Å². The maximum Gasteiger partial charge on any atom is 0.307 e. The predicted molar refractivity (Wildman–Crippen MR) is 99.7 cm³/mol. The maximum atomic E-state index is 11.8. The lowest BCUT2D eigenvalue weighted by Crippen LogP contribution is -2.30. The smallest absolute Gasteiger partial charge is 0.307 e. The van der Waals surface area contributed by atoms with Gasteiger partial charge in [-0.05, 0) is 40.0 Å². The molecule has 0 N–H and O–H groups in total. The summed E-state index contributed by atoms with van der Waals surface area (Å²) in [6.45, 7) is 11.9. The molecule has 0 aliphatic heterocycles. The zero-order valence-electron chi connectivity index (χ0n) is 15.4. The number of esters is 2. The van der Waals surface area contributed by atoms with Gasteiger partial charge in [0.15, 0.2) is 0 Å². The van der Waals surface area contributed by atoms with E-state index in [0.717, 1.165) is 19.3 Å². The summed E-state index contributed by atoms with van der Waals surface area (Å²) in [5.74, 6) is 1.09. The third kappa shape index (κ3) is 10.9. The number of ether oxygens (including phenoxy) is 2. The van der Waals surface area contributed by atoms with Gasteiger partial charge in [-0.2, -0.15) is 0 Å². The molecule has 0 rings (SSSR count). The van der Waals surface area contributed by atoms with Gasteiger partial charge in [0.25, 0.3) is 0 Å². The van der Waals surface area contributed by atoms with Crippen molar-refractivity contribution in [1.29, 1.82) is 0 Å². The lowest BCUT2D eigenvalue weighted by molar-refractivity contribution is -0.158. The van der Waals surface area contributed by atoms with E-state index in [0.29, 0.717) is 24.3 Å². The molecule has 0 fully saturated rings. The third-order valence-corrected chi connectivity index (χ3v) is 6.37. The number of hydrogen-bond donors (Lipinski definition) is 0. The third-order valence-electron chi connectivity index (χ3n) is 3.96. The molecule has 0 aliphatic rings. The van der Waals surface area contributed by atoms with E-state index in [1.54, 1.807) is 21.6 Å². The van der Waals surface area contributed by atoms with Crippen LogP contribution in [0.4, 0.5) is 0 Å². The van der Waals surface area contributed by atoms with Gasteiger partial charge >= 0.3 is 11.9 Å². The monoisotopic (exact) mass is 364 g/mol. The minimum Gasteiger partial charge on any atom is -0.460 e. The molecular formula is C17H32O4S2. The highest BCUT2D eigenvalue weighted by atomic mass is 33.1. The van der Waals surface area contributed by atoms with E-state index < -0.39 is 0 Å². The molecule has 0 heterocycles. The number of carbonyl (C=O) groups is 2. The summed E-state index contributed by atoms with van der Waals surface area (Å²) in [6.07, 6.45) is 3.26. The summed E-state index contributed by atoms with van der Waals surface area (Å²) in [4.78, 5) is 23.5. The van der Waals surface area contributed by atoms with Crippen LogP contribution < -0.4 is 0 Å². The number of hydrogen-bond acceptors (Lipinski definition) is 6. The van der Waals surface area contributed by atoms with Gasteiger partial charge in [0.1, 0.15) is 11.2 Å². The molecule has 6 heteroatoms. The molecule has 0 radical (unpaired) electrons. The topological polar surface area (TPSA) is 52.6 Å². The minimum absolute atomic E-state index is 0.145. The SMILES string of the molecule is CCC(C)(C)OC(=O)CCSSCCC(=O)OC(C)(CC)CC. The summed E-state index contributed by atoms with van der Waals surface area (Å²) in [5.41, 5.74) is -0.728. The van der Waals surface area contributed by atoms with Crippen molar-refractivity contribution in [3.8, 4) is 0 Å². The van der Waals surface area contributed by atoms with E-state index in [-0.39, 0.29) is 23.1 Å². The average Bonchev–Trinajstić information content (AvgIpc) is 2.50. The second-order valence-corrected chi connectivity index (χ2v) is 9.06. The van der Waals surface area contributed by atoms with Crippen LogP contribution in [-0.2, 0) is 19.1 Å². The zero-order chi connectivity index (χ0) is 17.9. The average molecular weight is 365 g/mol. The van der Waals surface area contributed by atoms with Crippen LogP contribution in [0.15, 0.2) is 0 Å². The summed E-state index contributed by atoms with van der Waals surface area (Å²) < 4.78 is 10.9. The Morgan fingerprint density at radius 1 is 0.783 bits per heavy atom. The normalized spacial score (nSPS) is 12.1. The summed E-state index contributed by atoms with van der Waals surface area (Å²) in [7, 11) is 3.19. The number of rotatable bonds is 12. The van der Waals surface area contributed by atoms with Gasteiger partial charge < -0.3 is 9.47 Å². The first-order valence-electron chi connectivity index (χ1n) is 8.36. The molecule has 0 aromatic carbocycles. The Morgan fingerprint density at radius 2 is 1.22 bits per heavy atom. The molecule has 0 saturated heterocycles. The molecule has 0 aromatic rings. The van der Waals surface area contributed by atoms with Gasteiger partial charge in [0, 0.05) is 11.5 Å². The first kappa shape index (κ1) is 22.6. The van der Waals surface area contributed by atoms with Crippen LogP contribution in [0.1, 0.15) is 73.6 Å². The first-order valence-corrected chi connectivity index (χ1v) is 10.8. The van der Waals surface area contributed by atoms with Gasteiger partial charge in [-0.1, -0.05) is 42.4 Å². The van der Waals surface area contributed by atoms with Crippen LogP contribution in [0.25, 0.3) is 0 Å². The Bertz CT molecular complexity index is 366. The van der Waals surface area contributed by atoms with E-state index in [1.165, 1.54) is 0 Å². The molecule has 4 nitrogen and oxygen atoms in total. The first-order chi connectivity index (χ1) is 10.7. The molecular weight excluding hydrogens is 332 g/mol. The molecule has 0 unspecified atom stereocenters. The number of carbonyl (C=O) groups excluding carboxylic acids is 2. The van der Waals surface area contributed by atoms with Crippen molar-refractivity contribution < 1.29 is 19.1 Å². The van der Waals surface area contributed by atoms with Crippen LogP contribution in [0.5, 0.6) is 0 Å². The van der Waals surface area contributed by atoms with Crippen molar-refractivity contribution in [3.05, 3.63) is 0 Å². The Labute approximate surface area is 149 Å². The van der Waals surface area contributed by atoms with Crippen LogP contribution in [0, 0.1) is 0 Å². The van der Waals surface area contributed by atoms with Gasteiger partial charge in [0.2, 0.25) is 0 Å². The molecule has 0 aliphatic carbocycles. The molecule has 136 valence electrons. The second-order valence-electron chi connectivity index (χ2n) is 6.36. The van der Waals surface area contributed by atoms with Gasteiger partial charge in [-0.25, -0.2) is 0 Å². The largest absolute Gasteiger partial charge is 0.460 e. The fourth-order valence-electron chi connectivity index (χ4n) is 1.52. The lowest BCUT2D eigenvalue weighted by Gasteiger charge is -2.26. The van der Waals surface area contributed by atoms with E-state index in [9.17, 15) is 9.59 Å². The van der Waals surface area contributed by atoms with Crippen LogP contribution in [0.2, 0.25) is 0 Å². The van der Waals surface area contributed by atoms with Gasteiger partial charge in [-0.15, -0.1) is 0 Å².